The van der Waals surface area contributed by atoms with Crippen LogP contribution >= 0.6 is 0 Å². The number of nitrogens with one attached hydrogen (secondary N) is 2. The van der Waals surface area contributed by atoms with Gasteiger partial charge in [0, 0.05) is 25.0 Å². The molecule has 0 bridgehead atoms. The Bertz CT molecular complexity index is 167. The van der Waals surface area contributed by atoms with Crippen LogP contribution in [-0.4, -0.2) is 25.0 Å². The smallest absolute Gasteiger partial charge is 0.223 e. The van der Waals surface area contributed by atoms with Crippen LogP contribution in [0.1, 0.15) is 34.6 Å². The van der Waals surface area contributed by atoms with Gasteiger partial charge in [0.15, 0.2) is 0 Å². The molecule has 0 aromatic heterocycles. The largest absolute Gasteiger partial charge is 0.355 e. The highest BCUT2D eigenvalue weighted by molar-refractivity contribution is 5.78. The molecule has 0 aliphatic rings. The minimum atomic E-state index is 0.106. The Morgan fingerprint density at radius 1 is 1.07 bits per heavy atom. The minimum absolute atomic E-state index is 0.106. The Morgan fingerprint density at radius 3 is 2.07 bits per heavy atom. The average molecular weight is 200 g/mol. The van der Waals surface area contributed by atoms with Crippen LogP contribution in [0.3, 0.4) is 0 Å². The molecule has 3 heteroatoms. The number of hydrogen-bond donors (Lipinski definition) is 2. The summed E-state index contributed by atoms with van der Waals surface area (Å²) in [5.74, 6) is 0.674. The Hall–Kier alpha value is -0.570. The molecule has 3 nitrogen and oxygen atoms in total. The van der Waals surface area contributed by atoms with Gasteiger partial charge in [-0.2, -0.15) is 0 Å². The van der Waals surface area contributed by atoms with Crippen LogP contribution in [-0.2, 0) is 4.79 Å². The zero-order valence-electron chi connectivity index (χ0n) is 10.1. The van der Waals surface area contributed by atoms with Crippen molar-refractivity contribution in [3.05, 3.63) is 0 Å². The van der Waals surface area contributed by atoms with Crippen LogP contribution in [0.5, 0.6) is 0 Å². The molecule has 0 spiro atoms. The van der Waals surface area contributed by atoms with Crippen molar-refractivity contribution < 1.29 is 4.79 Å². The van der Waals surface area contributed by atoms with Crippen molar-refractivity contribution >= 4 is 5.91 Å². The van der Waals surface area contributed by atoms with Crippen LogP contribution in [0.4, 0.5) is 0 Å². The van der Waals surface area contributed by atoms with Crippen molar-refractivity contribution in [1.29, 1.82) is 0 Å². The predicted octanol–water partition coefficient (Wildman–Crippen LogP) is 1.39. The van der Waals surface area contributed by atoms with Crippen LogP contribution < -0.4 is 10.6 Å². The number of amides is 1. The fraction of sp³-hybridized carbons (Fsp3) is 0.909. The first-order valence-electron chi connectivity index (χ1n) is 5.46. The maximum absolute atomic E-state index is 11.5. The van der Waals surface area contributed by atoms with Gasteiger partial charge in [0.1, 0.15) is 0 Å². The number of hydrogen-bond acceptors (Lipinski definition) is 2. The maximum atomic E-state index is 11.5. The van der Waals surface area contributed by atoms with Gasteiger partial charge in [0.05, 0.1) is 0 Å². The van der Waals surface area contributed by atoms with E-state index in [2.05, 4.69) is 38.3 Å². The van der Waals surface area contributed by atoms with E-state index in [1.165, 1.54) is 0 Å². The van der Waals surface area contributed by atoms with E-state index in [0.717, 1.165) is 6.54 Å². The van der Waals surface area contributed by atoms with Crippen LogP contribution in [0.25, 0.3) is 0 Å². The molecule has 0 radical (unpaired) electrons. The molecule has 0 saturated carbocycles. The summed E-state index contributed by atoms with van der Waals surface area (Å²) in [7, 11) is 0. The van der Waals surface area contributed by atoms with Crippen LogP contribution in [0.15, 0.2) is 0 Å². The maximum Gasteiger partial charge on any atom is 0.223 e. The molecule has 84 valence electrons. The van der Waals surface area contributed by atoms with Crippen molar-refractivity contribution in [3.8, 4) is 0 Å². The molecular formula is C11H24N2O. The van der Waals surface area contributed by atoms with E-state index in [1.54, 1.807) is 0 Å². The summed E-state index contributed by atoms with van der Waals surface area (Å²) in [5.41, 5.74) is 0. The summed E-state index contributed by atoms with van der Waals surface area (Å²) in [6.45, 7) is 11.8. The molecule has 14 heavy (non-hydrogen) atoms. The lowest BCUT2D eigenvalue weighted by molar-refractivity contribution is -0.125. The van der Waals surface area contributed by atoms with E-state index in [0.29, 0.717) is 18.5 Å². The SMILES string of the molecule is CC(C)NCCNC(=O)C(C)C(C)C. The summed E-state index contributed by atoms with van der Waals surface area (Å²) >= 11 is 0. The van der Waals surface area contributed by atoms with Gasteiger partial charge in [-0.1, -0.05) is 34.6 Å². The van der Waals surface area contributed by atoms with Gasteiger partial charge < -0.3 is 10.6 Å². The van der Waals surface area contributed by atoms with Gasteiger partial charge in [-0.15, -0.1) is 0 Å². The Balaban J connectivity index is 3.54. The van der Waals surface area contributed by atoms with Crippen molar-refractivity contribution in [3.63, 3.8) is 0 Å². The van der Waals surface area contributed by atoms with Crippen molar-refractivity contribution in [1.82, 2.24) is 10.6 Å². The van der Waals surface area contributed by atoms with Gasteiger partial charge in [0.25, 0.3) is 0 Å². The van der Waals surface area contributed by atoms with E-state index in [1.807, 2.05) is 6.92 Å². The molecule has 2 N–H and O–H groups in total. The number of carbonyl (C=O) groups is 1. The fourth-order valence-electron chi connectivity index (χ4n) is 1.01. The van der Waals surface area contributed by atoms with Gasteiger partial charge in [0.2, 0.25) is 5.91 Å². The topological polar surface area (TPSA) is 41.1 Å². The first-order chi connectivity index (χ1) is 6.45. The molecule has 0 aromatic carbocycles. The molecule has 0 aromatic rings. The lowest BCUT2D eigenvalue weighted by atomic mass is 9.97. The summed E-state index contributed by atoms with van der Waals surface area (Å²) < 4.78 is 0. The summed E-state index contributed by atoms with van der Waals surface area (Å²) in [6.07, 6.45) is 0. The fourth-order valence-corrected chi connectivity index (χ4v) is 1.01. The number of rotatable bonds is 6. The lowest BCUT2D eigenvalue weighted by Crippen LogP contribution is -2.38. The van der Waals surface area contributed by atoms with E-state index < -0.39 is 0 Å². The second-order valence-corrected chi connectivity index (χ2v) is 4.43. The third-order valence-corrected chi connectivity index (χ3v) is 2.39. The average Bonchev–Trinajstić information content (AvgIpc) is 2.10. The second-order valence-electron chi connectivity index (χ2n) is 4.43. The highest BCUT2D eigenvalue weighted by atomic mass is 16.1. The zero-order valence-corrected chi connectivity index (χ0v) is 10.1. The molecule has 1 atom stereocenters. The number of carbonyl (C=O) groups excluding carboxylic acids is 1. The molecule has 0 aliphatic carbocycles. The summed E-state index contributed by atoms with van der Waals surface area (Å²) in [6, 6.07) is 0.481. The Morgan fingerprint density at radius 2 is 1.64 bits per heavy atom. The molecule has 0 rings (SSSR count). The van der Waals surface area contributed by atoms with Gasteiger partial charge in [-0.25, -0.2) is 0 Å². The summed E-state index contributed by atoms with van der Waals surface area (Å²) in [4.78, 5) is 11.5. The molecular weight excluding hydrogens is 176 g/mol. The van der Waals surface area contributed by atoms with E-state index in [9.17, 15) is 4.79 Å². The van der Waals surface area contributed by atoms with E-state index in [4.69, 9.17) is 0 Å². The molecule has 1 amide bonds. The van der Waals surface area contributed by atoms with E-state index in [-0.39, 0.29) is 11.8 Å². The van der Waals surface area contributed by atoms with Crippen molar-refractivity contribution in [2.45, 2.75) is 40.7 Å². The normalized spacial score (nSPS) is 13.4. The first kappa shape index (κ1) is 13.4. The van der Waals surface area contributed by atoms with Crippen LogP contribution in [0.2, 0.25) is 0 Å². The Labute approximate surface area is 87.6 Å². The van der Waals surface area contributed by atoms with Gasteiger partial charge in [-0.05, 0) is 5.92 Å². The standard InChI is InChI=1S/C11H24N2O/c1-8(2)10(5)11(14)13-7-6-12-9(3)4/h8-10,12H,6-7H2,1-5H3,(H,13,14). The quantitative estimate of drug-likeness (QED) is 0.636. The zero-order chi connectivity index (χ0) is 11.1. The third-order valence-electron chi connectivity index (χ3n) is 2.39. The first-order valence-corrected chi connectivity index (χ1v) is 5.46. The molecule has 0 heterocycles. The molecule has 0 aliphatic heterocycles. The Kier molecular flexibility index (Phi) is 6.54. The van der Waals surface area contributed by atoms with Crippen molar-refractivity contribution in [2.24, 2.45) is 11.8 Å². The second kappa shape index (κ2) is 6.82. The minimum Gasteiger partial charge on any atom is -0.355 e. The lowest BCUT2D eigenvalue weighted by Gasteiger charge is -2.15. The highest BCUT2D eigenvalue weighted by Crippen LogP contribution is 2.08. The van der Waals surface area contributed by atoms with Crippen molar-refractivity contribution in [2.75, 3.05) is 13.1 Å². The third kappa shape index (κ3) is 5.97. The van der Waals surface area contributed by atoms with Crippen LogP contribution in [0, 0.1) is 11.8 Å². The predicted molar refractivity (Wildman–Crippen MR) is 60.2 cm³/mol. The summed E-state index contributed by atoms with van der Waals surface area (Å²) in [5, 5.41) is 6.17. The molecule has 0 fully saturated rings. The monoisotopic (exact) mass is 200 g/mol. The highest BCUT2D eigenvalue weighted by Gasteiger charge is 2.15. The van der Waals surface area contributed by atoms with Gasteiger partial charge >= 0.3 is 0 Å². The van der Waals surface area contributed by atoms with E-state index >= 15 is 0 Å². The molecule has 0 saturated heterocycles. The molecule has 1 unspecified atom stereocenters. The van der Waals surface area contributed by atoms with Gasteiger partial charge in [-0.3, -0.25) is 4.79 Å².